The molecular weight excluding hydrogens is 312 g/mol. The van der Waals surface area contributed by atoms with Crippen molar-refractivity contribution in [1.29, 1.82) is 0 Å². The molecule has 1 atom stereocenters. The van der Waals surface area contributed by atoms with Gasteiger partial charge >= 0.3 is 0 Å². The average molecular weight is 324 g/mol. The SMILES string of the molecule is O=C(Nc1cc(F)cc(F)c1)C1COc2ccc(Cl)cc2C1. The Hall–Kier alpha value is -2.14. The minimum Gasteiger partial charge on any atom is -0.492 e. The van der Waals surface area contributed by atoms with Crippen LogP contribution in [0.2, 0.25) is 5.02 Å². The zero-order valence-corrected chi connectivity index (χ0v) is 12.2. The summed E-state index contributed by atoms with van der Waals surface area (Å²) in [5.41, 5.74) is 0.920. The Kier molecular flexibility index (Phi) is 3.98. The van der Waals surface area contributed by atoms with Gasteiger partial charge in [0.25, 0.3) is 0 Å². The predicted octanol–water partition coefficient (Wildman–Crippen LogP) is 3.81. The van der Waals surface area contributed by atoms with Crippen LogP contribution in [-0.2, 0) is 11.2 Å². The first kappa shape index (κ1) is 14.8. The van der Waals surface area contributed by atoms with Crippen molar-refractivity contribution in [2.45, 2.75) is 6.42 Å². The monoisotopic (exact) mass is 323 g/mol. The van der Waals surface area contributed by atoms with E-state index in [1.807, 2.05) is 0 Å². The molecule has 0 saturated heterocycles. The van der Waals surface area contributed by atoms with Gasteiger partial charge in [-0.05, 0) is 42.3 Å². The minimum absolute atomic E-state index is 0.0828. The largest absolute Gasteiger partial charge is 0.492 e. The molecular formula is C16H12ClF2NO2. The summed E-state index contributed by atoms with van der Waals surface area (Å²) in [6, 6.07) is 8.10. The fourth-order valence-corrected chi connectivity index (χ4v) is 2.60. The van der Waals surface area contributed by atoms with Crippen molar-refractivity contribution in [3.8, 4) is 5.75 Å². The summed E-state index contributed by atoms with van der Waals surface area (Å²) in [7, 11) is 0. The van der Waals surface area contributed by atoms with Gasteiger partial charge in [-0.1, -0.05) is 11.6 Å². The molecule has 22 heavy (non-hydrogen) atoms. The molecule has 1 N–H and O–H groups in total. The van der Waals surface area contributed by atoms with Crippen molar-refractivity contribution in [2.24, 2.45) is 5.92 Å². The molecule has 1 amide bonds. The van der Waals surface area contributed by atoms with Crippen molar-refractivity contribution in [3.63, 3.8) is 0 Å². The summed E-state index contributed by atoms with van der Waals surface area (Å²) in [4.78, 5) is 12.2. The Morgan fingerprint density at radius 3 is 2.64 bits per heavy atom. The molecule has 0 spiro atoms. The molecule has 2 aromatic carbocycles. The van der Waals surface area contributed by atoms with Gasteiger partial charge in [0.05, 0.1) is 5.92 Å². The maximum atomic E-state index is 13.1. The lowest BCUT2D eigenvalue weighted by molar-refractivity contribution is -0.121. The second kappa shape index (κ2) is 5.93. The normalized spacial score (nSPS) is 16.6. The highest BCUT2D eigenvalue weighted by atomic mass is 35.5. The van der Waals surface area contributed by atoms with Gasteiger partial charge in [-0.2, -0.15) is 0 Å². The van der Waals surface area contributed by atoms with E-state index in [2.05, 4.69) is 5.32 Å². The van der Waals surface area contributed by atoms with E-state index in [1.54, 1.807) is 18.2 Å². The van der Waals surface area contributed by atoms with Crippen LogP contribution in [0, 0.1) is 17.6 Å². The van der Waals surface area contributed by atoms with Crippen molar-refractivity contribution in [3.05, 3.63) is 58.6 Å². The maximum Gasteiger partial charge on any atom is 0.231 e. The lowest BCUT2D eigenvalue weighted by atomic mass is 9.96. The second-order valence-electron chi connectivity index (χ2n) is 5.11. The van der Waals surface area contributed by atoms with Crippen molar-refractivity contribution < 1.29 is 18.3 Å². The number of benzene rings is 2. The highest BCUT2D eigenvalue weighted by Gasteiger charge is 2.26. The molecule has 0 aliphatic carbocycles. The third-order valence-corrected chi connectivity index (χ3v) is 3.66. The standard InChI is InChI=1S/C16H12ClF2NO2/c17-11-1-2-15-9(4-11)3-10(8-22-15)16(21)20-14-6-12(18)5-13(19)7-14/h1-2,4-7,10H,3,8H2,(H,20,21). The first-order valence-corrected chi connectivity index (χ1v) is 7.07. The van der Waals surface area contributed by atoms with Crippen LogP contribution in [0.3, 0.4) is 0 Å². The lowest BCUT2D eigenvalue weighted by Crippen LogP contribution is -2.32. The average Bonchev–Trinajstić information content (AvgIpc) is 2.45. The number of rotatable bonds is 2. The van der Waals surface area contributed by atoms with E-state index in [0.717, 1.165) is 23.8 Å². The van der Waals surface area contributed by atoms with Crippen molar-refractivity contribution >= 4 is 23.2 Å². The molecule has 1 heterocycles. The predicted molar refractivity (Wildman–Crippen MR) is 79.1 cm³/mol. The number of anilines is 1. The Morgan fingerprint density at radius 2 is 1.91 bits per heavy atom. The summed E-state index contributed by atoms with van der Waals surface area (Å²) in [6.45, 7) is 0.207. The van der Waals surface area contributed by atoms with E-state index in [1.165, 1.54) is 0 Å². The topological polar surface area (TPSA) is 38.3 Å². The second-order valence-corrected chi connectivity index (χ2v) is 5.55. The molecule has 3 rings (SSSR count). The van der Waals surface area contributed by atoms with Crippen LogP contribution >= 0.6 is 11.6 Å². The van der Waals surface area contributed by atoms with Crippen molar-refractivity contribution in [1.82, 2.24) is 0 Å². The molecule has 0 bridgehead atoms. The number of fused-ring (bicyclic) bond motifs is 1. The van der Waals surface area contributed by atoms with Crippen LogP contribution in [-0.4, -0.2) is 12.5 Å². The molecule has 0 fully saturated rings. The molecule has 3 nitrogen and oxygen atoms in total. The summed E-state index contributed by atoms with van der Waals surface area (Å²) >= 11 is 5.93. The summed E-state index contributed by atoms with van der Waals surface area (Å²) < 4.78 is 31.8. The van der Waals surface area contributed by atoms with E-state index in [0.29, 0.717) is 17.2 Å². The van der Waals surface area contributed by atoms with Crippen LogP contribution in [0.1, 0.15) is 5.56 Å². The molecule has 0 aromatic heterocycles. The van der Waals surface area contributed by atoms with Gasteiger partial charge in [0.2, 0.25) is 5.91 Å². The highest BCUT2D eigenvalue weighted by molar-refractivity contribution is 6.30. The van der Waals surface area contributed by atoms with Gasteiger partial charge < -0.3 is 10.1 Å². The smallest absolute Gasteiger partial charge is 0.231 e. The van der Waals surface area contributed by atoms with E-state index < -0.39 is 17.6 Å². The zero-order chi connectivity index (χ0) is 15.7. The molecule has 0 radical (unpaired) electrons. The number of hydrogen-bond donors (Lipinski definition) is 1. The fourth-order valence-electron chi connectivity index (χ4n) is 2.40. The molecule has 1 unspecified atom stereocenters. The fraction of sp³-hybridized carbons (Fsp3) is 0.188. The van der Waals surface area contributed by atoms with Gasteiger partial charge in [0.1, 0.15) is 24.0 Å². The van der Waals surface area contributed by atoms with Gasteiger partial charge in [0.15, 0.2) is 0 Å². The zero-order valence-electron chi connectivity index (χ0n) is 11.4. The van der Waals surface area contributed by atoms with Gasteiger partial charge in [-0.25, -0.2) is 8.78 Å². The molecule has 6 heteroatoms. The third kappa shape index (κ3) is 3.20. The number of nitrogens with one attached hydrogen (secondary N) is 1. The first-order chi connectivity index (χ1) is 10.5. The third-order valence-electron chi connectivity index (χ3n) is 3.43. The van der Waals surface area contributed by atoms with Crippen LogP contribution in [0.25, 0.3) is 0 Å². The Labute approximate surface area is 130 Å². The molecule has 1 aliphatic rings. The number of ether oxygens (including phenoxy) is 1. The number of halogens is 3. The van der Waals surface area contributed by atoms with Crippen LogP contribution in [0.4, 0.5) is 14.5 Å². The summed E-state index contributed by atoms with van der Waals surface area (Å²) in [6.07, 6.45) is 0.458. The van der Waals surface area contributed by atoms with Crippen LogP contribution < -0.4 is 10.1 Å². The van der Waals surface area contributed by atoms with E-state index in [-0.39, 0.29) is 18.2 Å². The molecule has 114 valence electrons. The first-order valence-electron chi connectivity index (χ1n) is 6.69. The lowest BCUT2D eigenvalue weighted by Gasteiger charge is -2.24. The van der Waals surface area contributed by atoms with Crippen LogP contribution in [0.5, 0.6) is 5.75 Å². The maximum absolute atomic E-state index is 13.1. The Morgan fingerprint density at radius 1 is 1.18 bits per heavy atom. The molecule has 1 aliphatic heterocycles. The Balaban J connectivity index is 1.73. The van der Waals surface area contributed by atoms with Gasteiger partial charge in [-0.15, -0.1) is 0 Å². The Bertz CT molecular complexity index is 716. The minimum atomic E-state index is -0.743. The number of carbonyl (C=O) groups is 1. The van der Waals surface area contributed by atoms with Gasteiger partial charge in [0, 0.05) is 16.8 Å². The number of carbonyl (C=O) groups excluding carboxylic acids is 1. The number of hydrogen-bond acceptors (Lipinski definition) is 2. The van der Waals surface area contributed by atoms with Crippen molar-refractivity contribution in [2.75, 3.05) is 11.9 Å². The summed E-state index contributed by atoms with van der Waals surface area (Å²) in [5.74, 6) is -1.59. The van der Waals surface area contributed by atoms with E-state index in [9.17, 15) is 13.6 Å². The van der Waals surface area contributed by atoms with Crippen LogP contribution in [0.15, 0.2) is 36.4 Å². The quantitative estimate of drug-likeness (QED) is 0.912. The van der Waals surface area contributed by atoms with E-state index >= 15 is 0 Å². The summed E-state index contributed by atoms with van der Waals surface area (Å²) in [5, 5.41) is 3.07. The highest BCUT2D eigenvalue weighted by Crippen LogP contribution is 2.30. The van der Waals surface area contributed by atoms with Gasteiger partial charge in [-0.3, -0.25) is 4.79 Å². The molecule has 2 aromatic rings. The molecule has 0 saturated carbocycles. The van der Waals surface area contributed by atoms with E-state index in [4.69, 9.17) is 16.3 Å². The number of amides is 1.